The van der Waals surface area contributed by atoms with E-state index >= 15 is 0 Å². The van der Waals surface area contributed by atoms with Gasteiger partial charge in [-0.25, -0.2) is 4.98 Å². The van der Waals surface area contributed by atoms with Gasteiger partial charge < -0.3 is 11.1 Å². The number of nitrogen functional groups attached to an aromatic ring is 1. The molecule has 3 N–H and O–H groups in total. The monoisotopic (exact) mass is 403 g/mol. The molecule has 1 heterocycles. The SMILES string of the molecule is Nc1cnc(NC(=O)c2ccc(Br)c(Cl)c2)c(Br)c1. The van der Waals surface area contributed by atoms with E-state index in [1.165, 1.54) is 6.20 Å². The third-order valence-corrected chi connectivity index (χ3v) is 4.11. The van der Waals surface area contributed by atoms with Gasteiger partial charge in [0.25, 0.3) is 5.91 Å². The molecule has 0 radical (unpaired) electrons. The fourth-order valence-electron chi connectivity index (χ4n) is 1.36. The number of benzene rings is 1. The van der Waals surface area contributed by atoms with Crippen molar-refractivity contribution in [3.63, 3.8) is 0 Å². The number of anilines is 2. The summed E-state index contributed by atoms with van der Waals surface area (Å²) in [6, 6.07) is 6.61. The summed E-state index contributed by atoms with van der Waals surface area (Å²) in [5.41, 5.74) is 6.53. The average Bonchev–Trinajstić information content (AvgIpc) is 2.36. The third kappa shape index (κ3) is 3.46. The lowest BCUT2D eigenvalue weighted by Crippen LogP contribution is -2.13. The van der Waals surface area contributed by atoms with Gasteiger partial charge in [0.2, 0.25) is 0 Å². The first-order valence-corrected chi connectivity index (χ1v) is 7.11. The molecule has 0 aliphatic carbocycles. The van der Waals surface area contributed by atoms with Crippen molar-refractivity contribution < 1.29 is 4.79 Å². The van der Waals surface area contributed by atoms with Gasteiger partial charge in [0.1, 0.15) is 5.82 Å². The van der Waals surface area contributed by atoms with Crippen LogP contribution < -0.4 is 11.1 Å². The Morgan fingerprint density at radius 3 is 2.63 bits per heavy atom. The molecule has 2 rings (SSSR count). The highest BCUT2D eigenvalue weighted by Gasteiger charge is 2.11. The number of pyridine rings is 1. The molecule has 19 heavy (non-hydrogen) atoms. The van der Waals surface area contributed by atoms with Crippen LogP contribution in [0.4, 0.5) is 11.5 Å². The molecule has 0 atom stereocenters. The molecule has 0 aliphatic rings. The molecule has 0 bridgehead atoms. The van der Waals surface area contributed by atoms with Gasteiger partial charge in [-0.2, -0.15) is 0 Å². The summed E-state index contributed by atoms with van der Waals surface area (Å²) in [5.74, 6) is 0.102. The Morgan fingerprint density at radius 1 is 1.26 bits per heavy atom. The Morgan fingerprint density at radius 2 is 2.00 bits per heavy atom. The van der Waals surface area contributed by atoms with E-state index in [1.54, 1.807) is 24.3 Å². The van der Waals surface area contributed by atoms with Gasteiger partial charge in [-0.05, 0) is 56.1 Å². The predicted octanol–water partition coefficient (Wildman–Crippen LogP) is 4.09. The summed E-state index contributed by atoms with van der Waals surface area (Å²) in [4.78, 5) is 16.1. The van der Waals surface area contributed by atoms with Crippen molar-refractivity contribution in [3.05, 3.63) is 50.0 Å². The topological polar surface area (TPSA) is 68.0 Å². The second kappa shape index (κ2) is 5.90. The highest BCUT2D eigenvalue weighted by atomic mass is 79.9. The molecule has 0 unspecified atom stereocenters. The Balaban J connectivity index is 2.23. The highest BCUT2D eigenvalue weighted by molar-refractivity contribution is 9.11. The molecule has 98 valence electrons. The van der Waals surface area contributed by atoms with Crippen LogP contribution in [0, 0.1) is 0 Å². The first kappa shape index (κ1) is 14.3. The summed E-state index contributed by atoms with van der Waals surface area (Å²) in [6.07, 6.45) is 1.47. The summed E-state index contributed by atoms with van der Waals surface area (Å²) in [7, 11) is 0. The van der Waals surface area contributed by atoms with E-state index in [1.807, 2.05) is 0 Å². The van der Waals surface area contributed by atoms with Crippen LogP contribution in [0.5, 0.6) is 0 Å². The summed E-state index contributed by atoms with van der Waals surface area (Å²) >= 11 is 12.5. The largest absolute Gasteiger partial charge is 0.397 e. The van der Waals surface area contributed by atoms with Crippen LogP contribution in [0.2, 0.25) is 5.02 Å². The number of carbonyl (C=O) groups excluding carboxylic acids is 1. The smallest absolute Gasteiger partial charge is 0.256 e. The van der Waals surface area contributed by atoms with Crippen molar-refractivity contribution in [1.29, 1.82) is 0 Å². The Kier molecular flexibility index (Phi) is 4.44. The maximum absolute atomic E-state index is 12.0. The minimum Gasteiger partial charge on any atom is -0.397 e. The molecule has 0 aliphatic heterocycles. The predicted molar refractivity (Wildman–Crippen MR) is 83.5 cm³/mol. The van der Waals surface area contributed by atoms with Gasteiger partial charge in [-0.15, -0.1) is 0 Å². The third-order valence-electron chi connectivity index (χ3n) is 2.28. The van der Waals surface area contributed by atoms with E-state index in [0.29, 0.717) is 26.6 Å². The second-order valence-corrected chi connectivity index (χ2v) is 5.80. The van der Waals surface area contributed by atoms with Crippen LogP contribution in [-0.2, 0) is 0 Å². The van der Waals surface area contributed by atoms with Crippen molar-refractivity contribution in [3.8, 4) is 0 Å². The molecular formula is C12H8Br2ClN3O. The Labute approximate surface area is 131 Å². The van der Waals surface area contributed by atoms with Crippen LogP contribution in [0.25, 0.3) is 0 Å². The maximum atomic E-state index is 12.0. The number of amides is 1. The van der Waals surface area contributed by atoms with E-state index in [-0.39, 0.29) is 5.91 Å². The summed E-state index contributed by atoms with van der Waals surface area (Å²) in [6.45, 7) is 0. The highest BCUT2D eigenvalue weighted by Crippen LogP contribution is 2.25. The van der Waals surface area contributed by atoms with Crippen molar-refractivity contribution >= 4 is 60.9 Å². The number of hydrogen-bond donors (Lipinski definition) is 2. The molecule has 1 aromatic heterocycles. The van der Waals surface area contributed by atoms with Crippen LogP contribution in [0.1, 0.15) is 10.4 Å². The van der Waals surface area contributed by atoms with Gasteiger partial charge in [-0.1, -0.05) is 11.6 Å². The molecule has 7 heteroatoms. The van der Waals surface area contributed by atoms with Gasteiger partial charge in [0, 0.05) is 10.0 Å². The minimum atomic E-state index is -0.299. The first-order chi connectivity index (χ1) is 8.97. The van der Waals surface area contributed by atoms with Crippen molar-refractivity contribution in [1.82, 2.24) is 4.98 Å². The first-order valence-electron chi connectivity index (χ1n) is 5.15. The average molecular weight is 405 g/mol. The molecule has 0 spiro atoms. The van der Waals surface area contributed by atoms with Gasteiger partial charge in [0.15, 0.2) is 0 Å². The van der Waals surface area contributed by atoms with E-state index in [4.69, 9.17) is 17.3 Å². The van der Waals surface area contributed by atoms with Gasteiger partial charge in [-0.3, -0.25) is 4.79 Å². The number of nitrogens with one attached hydrogen (secondary N) is 1. The van der Waals surface area contributed by atoms with E-state index in [9.17, 15) is 4.79 Å². The normalized spacial score (nSPS) is 10.3. The van der Waals surface area contributed by atoms with Crippen molar-refractivity contribution in [2.24, 2.45) is 0 Å². The van der Waals surface area contributed by atoms with Gasteiger partial charge in [0.05, 0.1) is 21.4 Å². The molecule has 0 saturated heterocycles. The molecule has 2 aromatic rings. The zero-order valence-corrected chi connectivity index (χ0v) is 13.4. The van der Waals surface area contributed by atoms with E-state index in [2.05, 4.69) is 42.2 Å². The van der Waals surface area contributed by atoms with E-state index < -0.39 is 0 Å². The van der Waals surface area contributed by atoms with E-state index in [0.717, 1.165) is 4.47 Å². The number of nitrogens with zero attached hydrogens (tertiary/aromatic N) is 1. The Bertz CT molecular complexity index is 649. The molecule has 0 saturated carbocycles. The van der Waals surface area contributed by atoms with Crippen LogP contribution in [-0.4, -0.2) is 10.9 Å². The fraction of sp³-hybridized carbons (Fsp3) is 0. The van der Waals surface area contributed by atoms with Gasteiger partial charge >= 0.3 is 0 Å². The molecule has 1 amide bonds. The number of halogens is 3. The number of nitrogens with two attached hydrogens (primary N) is 1. The molecular weight excluding hydrogens is 397 g/mol. The van der Waals surface area contributed by atoms with Crippen LogP contribution in [0.15, 0.2) is 39.4 Å². The zero-order chi connectivity index (χ0) is 14.0. The standard InChI is InChI=1S/C12H8Br2ClN3O/c13-8-2-1-6(3-10(8)15)12(19)18-11-9(14)4-7(16)5-17-11/h1-5H,16H2,(H,17,18,19). The maximum Gasteiger partial charge on any atom is 0.256 e. The minimum absolute atomic E-state index is 0.299. The summed E-state index contributed by atoms with van der Waals surface area (Å²) < 4.78 is 1.35. The van der Waals surface area contributed by atoms with Crippen molar-refractivity contribution in [2.75, 3.05) is 11.1 Å². The molecule has 0 fully saturated rings. The lowest BCUT2D eigenvalue weighted by atomic mass is 10.2. The lowest BCUT2D eigenvalue weighted by molar-refractivity contribution is 0.102. The quantitative estimate of drug-likeness (QED) is 0.791. The summed E-state index contributed by atoms with van der Waals surface area (Å²) in [5, 5.41) is 3.14. The number of aromatic nitrogens is 1. The molecule has 4 nitrogen and oxygen atoms in total. The van der Waals surface area contributed by atoms with Crippen LogP contribution >= 0.6 is 43.5 Å². The fourth-order valence-corrected chi connectivity index (χ4v) is 2.25. The lowest BCUT2D eigenvalue weighted by Gasteiger charge is -2.07. The van der Waals surface area contributed by atoms with Crippen molar-refractivity contribution in [2.45, 2.75) is 0 Å². The van der Waals surface area contributed by atoms with Crippen LogP contribution in [0.3, 0.4) is 0 Å². The molecule has 1 aromatic carbocycles. The second-order valence-electron chi connectivity index (χ2n) is 3.68. The number of hydrogen-bond acceptors (Lipinski definition) is 3. The Hall–Kier alpha value is -1.11. The zero-order valence-electron chi connectivity index (χ0n) is 9.45. The number of rotatable bonds is 2. The number of carbonyl (C=O) groups is 1.